The third-order valence-corrected chi connectivity index (χ3v) is 2.93. The van der Waals surface area contributed by atoms with Gasteiger partial charge in [-0.15, -0.1) is 0 Å². The molecule has 2 aromatic carbocycles. The second-order valence-corrected chi connectivity index (χ2v) is 4.24. The molecule has 0 radical (unpaired) electrons. The highest BCUT2D eigenvalue weighted by Crippen LogP contribution is 2.32. The first-order valence-electron chi connectivity index (χ1n) is 5.74. The SMILES string of the molecule is NC(=O)CC(O)(c1ccccc1)c1ccccc1. The first-order valence-corrected chi connectivity index (χ1v) is 5.74. The maximum Gasteiger partial charge on any atom is 0.221 e. The van der Waals surface area contributed by atoms with Crippen LogP contribution in [-0.4, -0.2) is 11.0 Å². The lowest BCUT2D eigenvalue weighted by molar-refractivity contribution is -0.121. The van der Waals surface area contributed by atoms with E-state index in [2.05, 4.69) is 0 Å². The fourth-order valence-electron chi connectivity index (χ4n) is 2.05. The molecule has 92 valence electrons. The fourth-order valence-corrected chi connectivity index (χ4v) is 2.05. The molecule has 0 aliphatic carbocycles. The van der Waals surface area contributed by atoms with Crippen LogP contribution >= 0.6 is 0 Å². The molecular weight excluding hydrogens is 226 g/mol. The van der Waals surface area contributed by atoms with E-state index >= 15 is 0 Å². The summed E-state index contributed by atoms with van der Waals surface area (Å²) < 4.78 is 0. The Balaban J connectivity index is 2.51. The van der Waals surface area contributed by atoms with Crippen LogP contribution in [0.4, 0.5) is 0 Å². The zero-order valence-corrected chi connectivity index (χ0v) is 9.91. The molecule has 0 spiro atoms. The van der Waals surface area contributed by atoms with Crippen molar-refractivity contribution in [3.8, 4) is 0 Å². The van der Waals surface area contributed by atoms with Crippen molar-refractivity contribution in [1.82, 2.24) is 0 Å². The molecule has 2 rings (SSSR count). The first-order chi connectivity index (χ1) is 8.63. The fraction of sp³-hybridized carbons (Fsp3) is 0.133. The molecule has 3 nitrogen and oxygen atoms in total. The Kier molecular flexibility index (Phi) is 3.44. The van der Waals surface area contributed by atoms with Gasteiger partial charge in [0, 0.05) is 0 Å². The van der Waals surface area contributed by atoms with Gasteiger partial charge in [-0.05, 0) is 11.1 Å². The maximum atomic E-state index is 11.2. The molecule has 2 aromatic rings. The van der Waals surface area contributed by atoms with Gasteiger partial charge >= 0.3 is 0 Å². The number of carbonyl (C=O) groups is 1. The number of nitrogens with two attached hydrogens (primary N) is 1. The molecule has 3 N–H and O–H groups in total. The normalized spacial score (nSPS) is 11.2. The number of hydrogen-bond donors (Lipinski definition) is 2. The number of rotatable bonds is 4. The van der Waals surface area contributed by atoms with Gasteiger partial charge in [0.25, 0.3) is 0 Å². The standard InChI is InChI=1S/C15H15NO2/c16-14(17)11-15(18,12-7-3-1-4-8-12)13-9-5-2-6-10-13/h1-10,18H,11H2,(H2,16,17). The largest absolute Gasteiger partial charge is 0.380 e. The number of primary amides is 1. The van der Waals surface area contributed by atoms with E-state index < -0.39 is 11.5 Å². The Morgan fingerprint density at radius 2 is 1.33 bits per heavy atom. The van der Waals surface area contributed by atoms with Crippen molar-refractivity contribution in [3.63, 3.8) is 0 Å². The number of amides is 1. The molecule has 0 atom stereocenters. The first kappa shape index (κ1) is 12.3. The predicted molar refractivity (Wildman–Crippen MR) is 69.7 cm³/mol. The Labute approximate surface area is 106 Å². The van der Waals surface area contributed by atoms with Gasteiger partial charge in [-0.2, -0.15) is 0 Å². The van der Waals surface area contributed by atoms with Crippen molar-refractivity contribution >= 4 is 5.91 Å². The lowest BCUT2D eigenvalue weighted by Crippen LogP contribution is -2.33. The van der Waals surface area contributed by atoms with Gasteiger partial charge in [-0.25, -0.2) is 0 Å². The Morgan fingerprint density at radius 1 is 0.944 bits per heavy atom. The highest BCUT2D eigenvalue weighted by atomic mass is 16.3. The lowest BCUT2D eigenvalue weighted by atomic mass is 9.83. The van der Waals surface area contributed by atoms with E-state index in [9.17, 15) is 9.90 Å². The minimum absolute atomic E-state index is 0.138. The van der Waals surface area contributed by atoms with E-state index in [0.29, 0.717) is 11.1 Å². The summed E-state index contributed by atoms with van der Waals surface area (Å²) in [4.78, 5) is 11.2. The Hall–Kier alpha value is -2.13. The van der Waals surface area contributed by atoms with Crippen LogP contribution in [0, 0.1) is 0 Å². The van der Waals surface area contributed by atoms with Gasteiger partial charge in [-0.3, -0.25) is 4.79 Å². The van der Waals surface area contributed by atoms with Crippen LogP contribution in [0.3, 0.4) is 0 Å². The van der Waals surface area contributed by atoms with Crippen molar-refractivity contribution in [2.24, 2.45) is 5.73 Å². The van der Waals surface area contributed by atoms with Crippen LogP contribution < -0.4 is 5.73 Å². The molecule has 0 bridgehead atoms. The molecule has 3 heteroatoms. The van der Waals surface area contributed by atoms with E-state index in [1.54, 1.807) is 24.3 Å². The average Bonchev–Trinajstić information content (AvgIpc) is 2.40. The Bertz CT molecular complexity index is 483. The molecule has 0 saturated carbocycles. The quantitative estimate of drug-likeness (QED) is 0.857. The molecule has 0 fully saturated rings. The van der Waals surface area contributed by atoms with Crippen LogP contribution in [0.15, 0.2) is 60.7 Å². The molecule has 0 unspecified atom stereocenters. The summed E-state index contributed by atoms with van der Waals surface area (Å²) >= 11 is 0. The zero-order valence-electron chi connectivity index (χ0n) is 9.91. The summed E-state index contributed by atoms with van der Waals surface area (Å²) in [6, 6.07) is 18.2. The number of carbonyl (C=O) groups excluding carboxylic acids is 1. The molecule has 0 aliphatic rings. The third kappa shape index (κ3) is 2.41. The zero-order chi connectivity index (χ0) is 13.0. The summed E-state index contributed by atoms with van der Waals surface area (Å²) in [5.74, 6) is -0.537. The van der Waals surface area contributed by atoms with Crippen molar-refractivity contribution in [3.05, 3.63) is 71.8 Å². The van der Waals surface area contributed by atoms with Gasteiger partial charge in [0.05, 0.1) is 6.42 Å². The predicted octanol–water partition coefficient (Wildman–Crippen LogP) is 1.80. The van der Waals surface area contributed by atoms with Gasteiger partial charge < -0.3 is 10.8 Å². The highest BCUT2D eigenvalue weighted by Gasteiger charge is 2.33. The van der Waals surface area contributed by atoms with Crippen LogP contribution in [-0.2, 0) is 10.4 Å². The van der Waals surface area contributed by atoms with Crippen LogP contribution in [0.5, 0.6) is 0 Å². The van der Waals surface area contributed by atoms with Crippen molar-refractivity contribution < 1.29 is 9.90 Å². The van der Waals surface area contributed by atoms with Crippen molar-refractivity contribution in [2.75, 3.05) is 0 Å². The van der Waals surface area contributed by atoms with E-state index in [-0.39, 0.29) is 6.42 Å². The van der Waals surface area contributed by atoms with Crippen molar-refractivity contribution in [2.45, 2.75) is 12.0 Å². The minimum Gasteiger partial charge on any atom is -0.380 e. The minimum atomic E-state index is -1.37. The molecule has 0 saturated heterocycles. The summed E-state index contributed by atoms with van der Waals surface area (Å²) in [6.45, 7) is 0. The number of aliphatic hydroxyl groups is 1. The Morgan fingerprint density at radius 3 is 1.67 bits per heavy atom. The van der Waals surface area contributed by atoms with E-state index in [4.69, 9.17) is 5.73 Å². The summed E-state index contributed by atoms with van der Waals surface area (Å²) in [6.07, 6.45) is -0.138. The highest BCUT2D eigenvalue weighted by molar-refractivity contribution is 5.76. The topological polar surface area (TPSA) is 63.3 Å². The van der Waals surface area contributed by atoms with E-state index in [1.807, 2.05) is 36.4 Å². The monoisotopic (exact) mass is 241 g/mol. The molecule has 18 heavy (non-hydrogen) atoms. The van der Waals surface area contributed by atoms with Crippen LogP contribution in [0.1, 0.15) is 17.5 Å². The smallest absolute Gasteiger partial charge is 0.221 e. The number of benzene rings is 2. The second kappa shape index (κ2) is 5.02. The summed E-state index contributed by atoms with van der Waals surface area (Å²) in [5, 5.41) is 10.8. The summed E-state index contributed by atoms with van der Waals surface area (Å²) in [7, 11) is 0. The van der Waals surface area contributed by atoms with Crippen LogP contribution in [0.2, 0.25) is 0 Å². The summed E-state index contributed by atoms with van der Waals surface area (Å²) in [5.41, 5.74) is 5.21. The average molecular weight is 241 g/mol. The van der Waals surface area contributed by atoms with E-state index in [1.165, 1.54) is 0 Å². The van der Waals surface area contributed by atoms with E-state index in [0.717, 1.165) is 0 Å². The molecular formula is C15H15NO2. The maximum absolute atomic E-state index is 11.2. The van der Waals surface area contributed by atoms with Crippen molar-refractivity contribution in [1.29, 1.82) is 0 Å². The third-order valence-electron chi connectivity index (χ3n) is 2.93. The van der Waals surface area contributed by atoms with Gasteiger partial charge in [-0.1, -0.05) is 60.7 Å². The van der Waals surface area contributed by atoms with Gasteiger partial charge in [0.1, 0.15) is 5.60 Å². The molecule has 1 amide bonds. The van der Waals surface area contributed by atoms with Gasteiger partial charge in [0.15, 0.2) is 0 Å². The molecule has 0 aromatic heterocycles. The molecule has 0 heterocycles. The molecule has 0 aliphatic heterocycles. The second-order valence-electron chi connectivity index (χ2n) is 4.24. The van der Waals surface area contributed by atoms with Crippen LogP contribution in [0.25, 0.3) is 0 Å². The van der Waals surface area contributed by atoms with Gasteiger partial charge in [0.2, 0.25) is 5.91 Å². The lowest BCUT2D eigenvalue weighted by Gasteiger charge is -2.28. The number of hydrogen-bond acceptors (Lipinski definition) is 2.